The zero-order valence-electron chi connectivity index (χ0n) is 13.5. The van der Waals surface area contributed by atoms with Gasteiger partial charge in [0, 0.05) is 31.9 Å². The van der Waals surface area contributed by atoms with Gasteiger partial charge in [-0.1, -0.05) is 30.3 Å². The molecule has 0 aliphatic carbocycles. The SMILES string of the molecule is COc1ccnc(C(=O)N2CCN(C)C(c3ccccc3)C2)c1. The van der Waals surface area contributed by atoms with Crippen LogP contribution in [0.2, 0.25) is 0 Å². The molecule has 5 heteroatoms. The summed E-state index contributed by atoms with van der Waals surface area (Å²) in [7, 11) is 3.69. The van der Waals surface area contributed by atoms with Gasteiger partial charge < -0.3 is 9.64 Å². The lowest BCUT2D eigenvalue weighted by Crippen LogP contribution is -2.49. The number of amides is 1. The smallest absolute Gasteiger partial charge is 0.272 e. The summed E-state index contributed by atoms with van der Waals surface area (Å²) in [5.74, 6) is 0.606. The van der Waals surface area contributed by atoms with E-state index in [1.807, 2.05) is 23.1 Å². The molecule has 0 N–H and O–H groups in total. The van der Waals surface area contributed by atoms with Gasteiger partial charge in [0.1, 0.15) is 11.4 Å². The molecular formula is C18H21N3O2. The molecule has 2 aromatic rings. The first kappa shape index (κ1) is 15.5. The first-order valence-electron chi connectivity index (χ1n) is 7.73. The van der Waals surface area contributed by atoms with Crippen LogP contribution >= 0.6 is 0 Å². The monoisotopic (exact) mass is 311 g/mol. The second-order valence-electron chi connectivity index (χ2n) is 5.74. The molecule has 0 radical (unpaired) electrons. The predicted molar refractivity (Wildman–Crippen MR) is 88.5 cm³/mol. The number of ether oxygens (including phenoxy) is 1. The van der Waals surface area contributed by atoms with Crippen molar-refractivity contribution < 1.29 is 9.53 Å². The summed E-state index contributed by atoms with van der Waals surface area (Å²) in [5.41, 5.74) is 1.66. The minimum atomic E-state index is -0.0436. The number of pyridine rings is 1. The van der Waals surface area contributed by atoms with Crippen LogP contribution in [0.25, 0.3) is 0 Å². The van der Waals surface area contributed by atoms with Crippen molar-refractivity contribution in [2.45, 2.75) is 6.04 Å². The maximum absolute atomic E-state index is 12.7. The van der Waals surface area contributed by atoms with E-state index in [0.717, 1.165) is 6.54 Å². The second kappa shape index (κ2) is 6.79. The quantitative estimate of drug-likeness (QED) is 0.872. The Labute approximate surface area is 136 Å². The van der Waals surface area contributed by atoms with Crippen LogP contribution in [0.5, 0.6) is 5.75 Å². The van der Waals surface area contributed by atoms with Gasteiger partial charge in [-0.3, -0.25) is 14.7 Å². The summed E-state index contributed by atoms with van der Waals surface area (Å²) in [6.07, 6.45) is 1.61. The fraction of sp³-hybridized carbons (Fsp3) is 0.333. The van der Waals surface area contributed by atoms with Crippen molar-refractivity contribution in [3.05, 3.63) is 59.9 Å². The minimum absolute atomic E-state index is 0.0436. The van der Waals surface area contributed by atoms with Crippen molar-refractivity contribution in [1.29, 1.82) is 0 Å². The molecule has 1 atom stereocenters. The van der Waals surface area contributed by atoms with Crippen molar-refractivity contribution >= 4 is 5.91 Å². The highest BCUT2D eigenvalue weighted by Gasteiger charge is 2.29. The Hall–Kier alpha value is -2.40. The van der Waals surface area contributed by atoms with Crippen molar-refractivity contribution in [1.82, 2.24) is 14.8 Å². The number of carbonyl (C=O) groups excluding carboxylic acids is 1. The highest BCUT2D eigenvalue weighted by atomic mass is 16.5. The number of carbonyl (C=O) groups is 1. The molecule has 1 amide bonds. The van der Waals surface area contributed by atoms with E-state index in [-0.39, 0.29) is 11.9 Å². The summed E-state index contributed by atoms with van der Waals surface area (Å²) in [6, 6.07) is 13.9. The molecule has 1 fully saturated rings. The number of rotatable bonds is 3. The standard InChI is InChI=1S/C18H21N3O2/c1-20-10-11-21(13-17(20)14-6-4-3-5-7-14)18(22)16-12-15(23-2)8-9-19-16/h3-9,12,17H,10-11,13H2,1-2H3. The molecular weight excluding hydrogens is 290 g/mol. The number of likely N-dealkylation sites (N-methyl/N-ethyl adjacent to an activating group) is 1. The summed E-state index contributed by atoms with van der Waals surface area (Å²) >= 11 is 0. The summed E-state index contributed by atoms with van der Waals surface area (Å²) in [6.45, 7) is 2.21. The molecule has 2 heterocycles. The number of hydrogen-bond acceptors (Lipinski definition) is 4. The third-order valence-electron chi connectivity index (χ3n) is 4.31. The van der Waals surface area contributed by atoms with Crippen molar-refractivity contribution in [2.75, 3.05) is 33.8 Å². The van der Waals surface area contributed by atoms with Gasteiger partial charge in [0.2, 0.25) is 0 Å². The van der Waals surface area contributed by atoms with Gasteiger partial charge in [-0.25, -0.2) is 0 Å². The van der Waals surface area contributed by atoms with Crippen LogP contribution in [0.15, 0.2) is 48.7 Å². The number of aromatic nitrogens is 1. The number of benzene rings is 1. The lowest BCUT2D eigenvalue weighted by atomic mass is 10.0. The van der Waals surface area contributed by atoms with Gasteiger partial charge in [-0.05, 0) is 18.7 Å². The van der Waals surface area contributed by atoms with Gasteiger partial charge in [0.25, 0.3) is 5.91 Å². The summed E-state index contributed by atoms with van der Waals surface area (Å²) in [5, 5.41) is 0. The molecule has 0 bridgehead atoms. The minimum Gasteiger partial charge on any atom is -0.497 e. The molecule has 0 spiro atoms. The first-order valence-corrected chi connectivity index (χ1v) is 7.73. The normalized spacial score (nSPS) is 18.7. The Morgan fingerprint density at radius 2 is 2.00 bits per heavy atom. The number of methoxy groups -OCH3 is 1. The Kier molecular flexibility index (Phi) is 4.57. The van der Waals surface area contributed by atoms with Crippen LogP contribution in [0.1, 0.15) is 22.1 Å². The van der Waals surface area contributed by atoms with Crippen molar-refractivity contribution in [3.63, 3.8) is 0 Å². The van der Waals surface area contributed by atoms with Crippen molar-refractivity contribution in [3.8, 4) is 5.75 Å². The Bertz CT molecular complexity index is 675. The Morgan fingerprint density at radius 3 is 2.74 bits per heavy atom. The van der Waals surface area contributed by atoms with E-state index in [2.05, 4.69) is 29.1 Å². The van der Waals surface area contributed by atoms with Crippen LogP contribution in [0.3, 0.4) is 0 Å². The molecule has 1 aliphatic heterocycles. The van der Waals surface area contributed by atoms with Crippen LogP contribution in [0, 0.1) is 0 Å². The van der Waals surface area contributed by atoms with Gasteiger partial charge >= 0.3 is 0 Å². The van der Waals surface area contributed by atoms with Crippen LogP contribution in [0.4, 0.5) is 0 Å². The predicted octanol–water partition coefficient (Wildman–Crippen LogP) is 2.22. The molecule has 1 aromatic heterocycles. The maximum atomic E-state index is 12.7. The van der Waals surface area contributed by atoms with E-state index in [4.69, 9.17) is 4.74 Å². The molecule has 1 aliphatic rings. The third-order valence-corrected chi connectivity index (χ3v) is 4.31. The van der Waals surface area contributed by atoms with E-state index in [1.54, 1.807) is 25.4 Å². The van der Waals surface area contributed by atoms with Gasteiger partial charge in [-0.15, -0.1) is 0 Å². The van der Waals surface area contributed by atoms with Crippen molar-refractivity contribution in [2.24, 2.45) is 0 Å². The lowest BCUT2D eigenvalue weighted by molar-refractivity contribution is 0.0540. The molecule has 120 valence electrons. The first-order chi connectivity index (χ1) is 11.2. The van der Waals surface area contributed by atoms with Gasteiger partial charge in [0.05, 0.1) is 13.2 Å². The van der Waals surface area contributed by atoms with E-state index in [1.165, 1.54) is 5.56 Å². The van der Waals surface area contributed by atoms with Crippen LogP contribution in [-0.2, 0) is 0 Å². The van der Waals surface area contributed by atoms with E-state index >= 15 is 0 Å². The molecule has 23 heavy (non-hydrogen) atoms. The van der Waals surface area contributed by atoms with E-state index in [9.17, 15) is 4.79 Å². The molecule has 0 saturated carbocycles. The number of nitrogens with zero attached hydrogens (tertiary/aromatic N) is 3. The van der Waals surface area contributed by atoms with E-state index in [0.29, 0.717) is 24.5 Å². The maximum Gasteiger partial charge on any atom is 0.272 e. The van der Waals surface area contributed by atoms with Crippen LogP contribution in [-0.4, -0.2) is 54.5 Å². The molecule has 1 unspecified atom stereocenters. The third kappa shape index (κ3) is 3.35. The number of piperazine rings is 1. The largest absolute Gasteiger partial charge is 0.497 e. The van der Waals surface area contributed by atoms with Gasteiger partial charge in [0.15, 0.2) is 0 Å². The molecule has 3 rings (SSSR count). The zero-order chi connectivity index (χ0) is 16.2. The average molecular weight is 311 g/mol. The van der Waals surface area contributed by atoms with E-state index < -0.39 is 0 Å². The fourth-order valence-electron chi connectivity index (χ4n) is 2.91. The Balaban J connectivity index is 1.79. The molecule has 5 nitrogen and oxygen atoms in total. The summed E-state index contributed by atoms with van der Waals surface area (Å²) in [4.78, 5) is 21.1. The molecule has 1 saturated heterocycles. The zero-order valence-corrected chi connectivity index (χ0v) is 13.5. The van der Waals surface area contributed by atoms with Gasteiger partial charge in [-0.2, -0.15) is 0 Å². The second-order valence-corrected chi connectivity index (χ2v) is 5.74. The Morgan fingerprint density at radius 1 is 1.22 bits per heavy atom. The highest BCUT2D eigenvalue weighted by molar-refractivity contribution is 5.92. The fourth-order valence-corrected chi connectivity index (χ4v) is 2.91. The average Bonchev–Trinajstić information content (AvgIpc) is 2.62. The lowest BCUT2D eigenvalue weighted by Gasteiger charge is -2.39. The topological polar surface area (TPSA) is 45.7 Å². The summed E-state index contributed by atoms with van der Waals surface area (Å²) < 4.78 is 5.18. The van der Waals surface area contributed by atoms with Crippen LogP contribution < -0.4 is 4.74 Å². The molecule has 1 aromatic carbocycles. The number of hydrogen-bond donors (Lipinski definition) is 0. The highest BCUT2D eigenvalue weighted by Crippen LogP contribution is 2.25.